The molecule has 2 N–H and O–H groups in total. The van der Waals surface area contributed by atoms with Gasteiger partial charge in [0.2, 0.25) is 11.8 Å². The first-order chi connectivity index (χ1) is 29.5. The number of fused-ring (bicyclic) bond motifs is 1. The molecule has 3 aromatic carbocycles. The number of carbonyl (C=O) groups excluding carboxylic acids is 5. The summed E-state index contributed by atoms with van der Waals surface area (Å²) in [5, 5.41) is 15.0. The molecule has 1 saturated carbocycles. The largest absolute Gasteiger partial charge is 0.489 e. The normalized spacial score (nSPS) is 24.5. The standard InChI is InChI=1S/C47H53ClFN7O6/c1-46(2)44(47(3,4)45(46)62-32-11-8-29(25-50)35(48)22-32)52-40(58)28-6-9-31(10-7-28)54-20-16-30(17-21-54)53(5)18-14-27-15-19-55(26-27)38-24-34-33(23-36(38)49)42(60)56(43(34)61)37-12-13-39(57)51-41(37)59/h6-11,22-24,27,30,37,44-45H,12-21,26H2,1-5H3,(H,52,58)(H,51,57,59)/t27-,37?,44-,45-/m1/s1. The molecule has 326 valence electrons. The van der Waals surface area contributed by atoms with Crippen molar-refractivity contribution < 1.29 is 33.1 Å². The first kappa shape index (κ1) is 43.1. The van der Waals surface area contributed by atoms with E-state index in [1.165, 1.54) is 6.07 Å². The van der Waals surface area contributed by atoms with Crippen molar-refractivity contribution in [1.82, 2.24) is 20.4 Å². The summed E-state index contributed by atoms with van der Waals surface area (Å²) >= 11 is 6.25. The minimum atomic E-state index is -1.10. The lowest BCUT2D eigenvalue weighted by Gasteiger charge is -2.63. The van der Waals surface area contributed by atoms with Gasteiger partial charge in [-0.15, -0.1) is 0 Å². The molecule has 1 unspecified atom stereocenters. The number of hydrogen-bond donors (Lipinski definition) is 2. The third kappa shape index (κ3) is 7.90. The molecule has 0 spiro atoms. The van der Waals surface area contributed by atoms with E-state index in [4.69, 9.17) is 16.3 Å². The van der Waals surface area contributed by atoms with Crippen molar-refractivity contribution >= 4 is 52.5 Å². The molecule has 2 atom stereocenters. The van der Waals surface area contributed by atoms with Crippen LogP contribution < -0.4 is 25.2 Å². The Morgan fingerprint density at radius 1 is 0.935 bits per heavy atom. The Labute approximate surface area is 366 Å². The van der Waals surface area contributed by atoms with Gasteiger partial charge in [0.05, 0.1) is 27.4 Å². The van der Waals surface area contributed by atoms with E-state index in [1.54, 1.807) is 18.2 Å². The van der Waals surface area contributed by atoms with Crippen molar-refractivity contribution in [2.75, 3.05) is 49.6 Å². The molecule has 3 saturated heterocycles. The van der Waals surface area contributed by atoms with Crippen LogP contribution in [0.2, 0.25) is 5.02 Å². The fraction of sp³-hybridized carbons (Fsp3) is 0.489. The molecule has 0 aromatic heterocycles. The molecule has 4 heterocycles. The number of piperidine rings is 2. The molecule has 3 aromatic rings. The van der Waals surface area contributed by atoms with Crippen LogP contribution >= 0.6 is 11.6 Å². The van der Waals surface area contributed by atoms with Crippen LogP contribution in [0.4, 0.5) is 15.8 Å². The monoisotopic (exact) mass is 865 g/mol. The highest BCUT2D eigenvalue weighted by Crippen LogP contribution is 2.55. The summed E-state index contributed by atoms with van der Waals surface area (Å²) in [5.74, 6) is -2.29. The van der Waals surface area contributed by atoms with Gasteiger partial charge < -0.3 is 24.8 Å². The van der Waals surface area contributed by atoms with Crippen LogP contribution in [-0.4, -0.2) is 103 Å². The van der Waals surface area contributed by atoms with E-state index in [1.807, 2.05) is 29.2 Å². The SMILES string of the molecule is CN(CC[C@@H]1CCN(c2cc3c(cc2F)C(=O)N(C2CCC(=O)NC2=O)C3=O)C1)C1CCN(c2ccc(C(=O)N[C@H]3C(C)(C)[C@H](Oc4ccc(C#N)c(Cl)c4)C3(C)C)cc2)CC1. The van der Waals surface area contributed by atoms with Gasteiger partial charge >= 0.3 is 0 Å². The van der Waals surface area contributed by atoms with Gasteiger partial charge in [0.15, 0.2) is 0 Å². The van der Waals surface area contributed by atoms with Gasteiger partial charge in [-0.25, -0.2) is 4.39 Å². The molecule has 4 aliphatic heterocycles. The van der Waals surface area contributed by atoms with Gasteiger partial charge in [-0.1, -0.05) is 39.3 Å². The Hall–Kier alpha value is -5.52. The molecule has 5 amide bonds. The van der Waals surface area contributed by atoms with Crippen LogP contribution in [0.15, 0.2) is 54.6 Å². The average molecular weight is 866 g/mol. The lowest BCUT2D eigenvalue weighted by atomic mass is 9.49. The Morgan fingerprint density at radius 2 is 1.60 bits per heavy atom. The highest BCUT2D eigenvalue weighted by atomic mass is 35.5. The van der Waals surface area contributed by atoms with Gasteiger partial charge in [0, 0.05) is 72.8 Å². The molecule has 5 aliphatic rings. The van der Waals surface area contributed by atoms with Crippen LogP contribution in [-0.2, 0) is 9.59 Å². The number of carbonyl (C=O) groups is 5. The molecule has 0 bridgehead atoms. The van der Waals surface area contributed by atoms with Crippen LogP contribution in [0.3, 0.4) is 0 Å². The number of hydrogen-bond acceptors (Lipinski definition) is 10. The van der Waals surface area contributed by atoms with Crippen molar-refractivity contribution in [3.8, 4) is 11.8 Å². The van der Waals surface area contributed by atoms with Gasteiger partial charge in [-0.2, -0.15) is 5.26 Å². The maximum atomic E-state index is 15.5. The number of nitrogens with one attached hydrogen (secondary N) is 2. The van der Waals surface area contributed by atoms with Crippen molar-refractivity contribution in [3.63, 3.8) is 0 Å². The maximum Gasteiger partial charge on any atom is 0.262 e. The molecule has 0 radical (unpaired) electrons. The predicted molar refractivity (Wildman–Crippen MR) is 232 cm³/mol. The Balaban J connectivity index is 0.791. The van der Waals surface area contributed by atoms with Crippen LogP contribution in [0, 0.1) is 33.9 Å². The molecular formula is C47H53ClFN7O6. The number of halogens is 2. The van der Waals surface area contributed by atoms with Crippen molar-refractivity contribution in [2.45, 2.75) is 90.4 Å². The zero-order chi connectivity index (χ0) is 44.2. The van der Waals surface area contributed by atoms with Crippen molar-refractivity contribution in [3.05, 3.63) is 87.7 Å². The first-order valence-corrected chi connectivity index (χ1v) is 21.9. The van der Waals surface area contributed by atoms with Crippen molar-refractivity contribution in [1.29, 1.82) is 5.26 Å². The van der Waals surface area contributed by atoms with E-state index >= 15 is 4.39 Å². The molecule has 4 fully saturated rings. The summed E-state index contributed by atoms with van der Waals surface area (Å²) in [6.45, 7) is 12.3. The maximum absolute atomic E-state index is 15.5. The van der Waals surface area contributed by atoms with E-state index in [-0.39, 0.29) is 58.5 Å². The second-order valence-electron chi connectivity index (χ2n) is 18.7. The summed E-state index contributed by atoms with van der Waals surface area (Å²) in [5.41, 5.74) is 1.65. The third-order valence-corrected chi connectivity index (χ3v) is 14.3. The zero-order valence-electron chi connectivity index (χ0n) is 35.8. The zero-order valence-corrected chi connectivity index (χ0v) is 36.6. The van der Waals surface area contributed by atoms with E-state index in [2.05, 4.69) is 61.2 Å². The minimum absolute atomic E-state index is 0.0178. The number of nitriles is 1. The number of benzene rings is 3. The van der Waals surface area contributed by atoms with Crippen LogP contribution in [0.1, 0.15) is 103 Å². The van der Waals surface area contributed by atoms with E-state index in [0.29, 0.717) is 46.9 Å². The lowest BCUT2D eigenvalue weighted by molar-refractivity contribution is -0.164. The quantitative estimate of drug-likeness (QED) is 0.214. The van der Waals surface area contributed by atoms with Gasteiger partial charge in [0.1, 0.15) is 29.8 Å². The number of anilines is 2. The minimum Gasteiger partial charge on any atom is -0.489 e. The van der Waals surface area contributed by atoms with Gasteiger partial charge in [-0.3, -0.25) is 34.2 Å². The second-order valence-corrected chi connectivity index (χ2v) is 19.1. The highest BCUT2D eigenvalue weighted by molar-refractivity contribution is 6.31. The highest BCUT2D eigenvalue weighted by Gasteiger charge is 2.64. The van der Waals surface area contributed by atoms with E-state index in [0.717, 1.165) is 62.0 Å². The predicted octanol–water partition coefficient (Wildman–Crippen LogP) is 6.18. The van der Waals surface area contributed by atoms with Gasteiger partial charge in [0.25, 0.3) is 17.7 Å². The molecule has 1 aliphatic carbocycles. The Morgan fingerprint density at radius 3 is 2.24 bits per heavy atom. The summed E-state index contributed by atoms with van der Waals surface area (Å²) in [4.78, 5) is 71.7. The number of amides is 5. The fourth-order valence-electron chi connectivity index (χ4n) is 10.8. The molecule has 13 nitrogen and oxygen atoms in total. The number of ether oxygens (including phenoxy) is 1. The summed E-state index contributed by atoms with van der Waals surface area (Å²) in [7, 11) is 2.17. The van der Waals surface area contributed by atoms with E-state index in [9.17, 15) is 29.2 Å². The summed E-state index contributed by atoms with van der Waals surface area (Å²) in [6.07, 6.45) is 3.70. The van der Waals surface area contributed by atoms with Crippen molar-refractivity contribution in [2.24, 2.45) is 16.7 Å². The molecular weight excluding hydrogens is 813 g/mol. The fourth-order valence-corrected chi connectivity index (χ4v) is 11.0. The second kappa shape index (κ2) is 16.6. The van der Waals surface area contributed by atoms with Crippen LogP contribution in [0.5, 0.6) is 5.75 Å². The summed E-state index contributed by atoms with van der Waals surface area (Å²) in [6, 6.07) is 16.7. The number of nitrogens with zero attached hydrogens (tertiary/aromatic N) is 5. The summed E-state index contributed by atoms with van der Waals surface area (Å²) < 4.78 is 21.9. The Bertz CT molecular complexity index is 2340. The lowest BCUT2D eigenvalue weighted by Crippen LogP contribution is -2.74. The molecule has 15 heteroatoms. The number of rotatable bonds is 11. The molecule has 8 rings (SSSR count). The first-order valence-electron chi connectivity index (χ1n) is 21.5. The smallest absolute Gasteiger partial charge is 0.262 e. The molecule has 62 heavy (non-hydrogen) atoms. The van der Waals surface area contributed by atoms with Gasteiger partial charge in [-0.05, 0) is 100 Å². The number of imide groups is 2. The van der Waals surface area contributed by atoms with Crippen LogP contribution in [0.25, 0.3) is 0 Å². The average Bonchev–Trinajstić information content (AvgIpc) is 3.81. The Kier molecular flexibility index (Phi) is 11.6. The topological polar surface area (TPSA) is 155 Å². The third-order valence-electron chi connectivity index (χ3n) is 14.0. The van der Waals surface area contributed by atoms with E-state index < -0.39 is 35.5 Å².